The number of nitrogens with zero attached hydrogens (tertiary/aromatic N) is 6. The molecule has 148 valence electrons. The Morgan fingerprint density at radius 1 is 1.28 bits per heavy atom. The molecule has 1 saturated heterocycles. The van der Waals surface area contributed by atoms with Crippen molar-refractivity contribution < 1.29 is 4.79 Å². The summed E-state index contributed by atoms with van der Waals surface area (Å²) in [5.41, 5.74) is 4.47. The molecule has 2 amide bonds. The summed E-state index contributed by atoms with van der Waals surface area (Å²) >= 11 is 0. The van der Waals surface area contributed by atoms with Crippen LogP contribution in [0.1, 0.15) is 18.5 Å². The Balaban J connectivity index is 1.56. The third-order valence-electron chi connectivity index (χ3n) is 5.55. The van der Waals surface area contributed by atoms with Crippen molar-refractivity contribution in [3.63, 3.8) is 0 Å². The molecule has 29 heavy (non-hydrogen) atoms. The van der Waals surface area contributed by atoms with E-state index >= 15 is 0 Å². The number of pyridine rings is 2. The van der Waals surface area contributed by atoms with E-state index in [4.69, 9.17) is 4.98 Å². The maximum atomic E-state index is 13.3. The summed E-state index contributed by atoms with van der Waals surface area (Å²) in [6.45, 7) is 3.80. The zero-order valence-corrected chi connectivity index (χ0v) is 16.5. The van der Waals surface area contributed by atoms with Crippen LogP contribution < -0.4 is 15.1 Å². The van der Waals surface area contributed by atoms with Crippen LogP contribution >= 0.6 is 0 Å². The van der Waals surface area contributed by atoms with E-state index in [9.17, 15) is 4.79 Å². The Kier molecular flexibility index (Phi) is 4.19. The number of urea groups is 1. The van der Waals surface area contributed by atoms with Crippen LogP contribution in [0.3, 0.4) is 0 Å². The maximum Gasteiger partial charge on any atom is 0.327 e. The summed E-state index contributed by atoms with van der Waals surface area (Å²) in [7, 11) is 1.83. The quantitative estimate of drug-likeness (QED) is 0.728. The summed E-state index contributed by atoms with van der Waals surface area (Å²) in [5.74, 6) is 0.717. The van der Waals surface area contributed by atoms with Gasteiger partial charge < -0.3 is 10.2 Å². The Morgan fingerprint density at radius 3 is 2.97 bits per heavy atom. The van der Waals surface area contributed by atoms with Gasteiger partial charge in [-0.2, -0.15) is 5.10 Å². The number of nitrogens with one attached hydrogen (secondary N) is 1. The van der Waals surface area contributed by atoms with Crippen molar-refractivity contribution in [1.29, 1.82) is 0 Å². The average Bonchev–Trinajstić information content (AvgIpc) is 3.12. The number of aryl methyl sites for hydroxylation is 2. The number of amides is 2. The van der Waals surface area contributed by atoms with Gasteiger partial charge in [-0.15, -0.1) is 0 Å². The lowest BCUT2D eigenvalue weighted by Crippen LogP contribution is -2.56. The Morgan fingerprint density at radius 2 is 2.17 bits per heavy atom. The molecular formula is C21H23N7O. The molecule has 8 nitrogen and oxygen atoms in total. The molecule has 1 atom stereocenters. The molecular weight excluding hydrogens is 366 g/mol. The van der Waals surface area contributed by atoms with Gasteiger partial charge in [0, 0.05) is 43.8 Å². The number of carbonyl (C=O) groups excluding carboxylic acids is 1. The second kappa shape index (κ2) is 6.88. The van der Waals surface area contributed by atoms with E-state index < -0.39 is 0 Å². The van der Waals surface area contributed by atoms with Gasteiger partial charge in [-0.1, -0.05) is 0 Å². The van der Waals surface area contributed by atoms with E-state index in [0.717, 1.165) is 48.6 Å². The molecule has 1 N–H and O–H groups in total. The highest BCUT2D eigenvalue weighted by molar-refractivity contribution is 6.04. The Labute approximate surface area is 169 Å². The van der Waals surface area contributed by atoms with E-state index in [0.29, 0.717) is 11.5 Å². The van der Waals surface area contributed by atoms with Crippen LogP contribution in [0.4, 0.5) is 22.0 Å². The van der Waals surface area contributed by atoms with Crippen LogP contribution in [0.5, 0.6) is 0 Å². The van der Waals surface area contributed by atoms with Gasteiger partial charge in [0.2, 0.25) is 0 Å². The van der Waals surface area contributed by atoms with Crippen LogP contribution in [0, 0.1) is 6.92 Å². The largest absolute Gasteiger partial charge is 0.366 e. The zero-order chi connectivity index (χ0) is 20.0. The molecule has 3 aromatic heterocycles. The second-order valence-electron chi connectivity index (χ2n) is 7.67. The van der Waals surface area contributed by atoms with Gasteiger partial charge in [-0.3, -0.25) is 14.6 Å². The standard InChI is InChI=1S/C21H23N7O/c1-14-10-15(7-8-22-14)18-5-6-19-20(25-18)28(17-4-3-9-27(19)13-17)21(29)24-16-11-23-26(2)12-16/h5-8,10-12,17H,3-4,9,13H2,1-2H3,(H,24,29)/t17-/m0/s1. The molecule has 5 rings (SSSR count). The Bertz CT molecular complexity index is 1080. The number of hydrogen-bond acceptors (Lipinski definition) is 5. The molecule has 0 aromatic carbocycles. The van der Waals surface area contributed by atoms with Crippen molar-refractivity contribution in [3.05, 3.63) is 48.5 Å². The highest BCUT2D eigenvalue weighted by atomic mass is 16.2. The lowest BCUT2D eigenvalue weighted by atomic mass is 9.99. The van der Waals surface area contributed by atoms with Crippen molar-refractivity contribution in [2.45, 2.75) is 25.8 Å². The van der Waals surface area contributed by atoms with Crippen LogP contribution in [0.15, 0.2) is 42.9 Å². The number of rotatable bonds is 2. The predicted molar refractivity (Wildman–Crippen MR) is 112 cm³/mol. The van der Waals surface area contributed by atoms with E-state index in [1.165, 1.54) is 0 Å². The number of aromatic nitrogens is 4. The van der Waals surface area contributed by atoms with Gasteiger partial charge in [0.05, 0.1) is 29.3 Å². The molecule has 1 fully saturated rings. The summed E-state index contributed by atoms with van der Waals surface area (Å²) in [6.07, 6.45) is 7.26. The summed E-state index contributed by atoms with van der Waals surface area (Å²) in [6, 6.07) is 8.01. The normalized spacial score (nSPS) is 17.8. The SMILES string of the molecule is Cc1cc(-c2ccc3c(n2)N(C(=O)Nc2cnn(C)c2)[C@H]2CCCN3C2)ccn1. The van der Waals surface area contributed by atoms with Crippen molar-refractivity contribution in [1.82, 2.24) is 19.7 Å². The number of carbonyl (C=O) groups is 1. The maximum absolute atomic E-state index is 13.3. The fourth-order valence-electron chi connectivity index (χ4n) is 4.22. The number of anilines is 3. The number of fused-ring (bicyclic) bond motifs is 4. The summed E-state index contributed by atoms with van der Waals surface area (Å²) in [4.78, 5) is 26.6. The first-order chi connectivity index (χ1) is 14.1. The fraction of sp³-hybridized carbons (Fsp3) is 0.333. The molecule has 0 unspecified atom stereocenters. The number of piperidine rings is 1. The van der Waals surface area contributed by atoms with Crippen molar-refractivity contribution >= 4 is 23.2 Å². The zero-order valence-electron chi connectivity index (χ0n) is 16.5. The molecule has 2 bridgehead atoms. The lowest BCUT2D eigenvalue weighted by Gasteiger charge is -2.45. The molecule has 5 heterocycles. The first kappa shape index (κ1) is 17.7. The monoisotopic (exact) mass is 389 g/mol. The van der Waals surface area contributed by atoms with Crippen LogP contribution in [-0.2, 0) is 7.05 Å². The molecule has 0 saturated carbocycles. The van der Waals surface area contributed by atoms with Crippen LogP contribution in [0.2, 0.25) is 0 Å². The predicted octanol–water partition coefficient (Wildman–Crippen LogP) is 3.21. The molecule has 8 heteroatoms. The number of hydrogen-bond donors (Lipinski definition) is 1. The summed E-state index contributed by atoms with van der Waals surface area (Å²) in [5, 5.41) is 7.12. The minimum absolute atomic E-state index is 0.106. The van der Waals surface area contributed by atoms with E-state index in [2.05, 4.69) is 26.4 Å². The highest BCUT2D eigenvalue weighted by Crippen LogP contribution is 2.39. The molecule has 2 aliphatic heterocycles. The second-order valence-corrected chi connectivity index (χ2v) is 7.67. The van der Waals surface area contributed by atoms with Crippen LogP contribution in [0.25, 0.3) is 11.3 Å². The molecule has 0 spiro atoms. The molecule has 0 radical (unpaired) electrons. The van der Waals surface area contributed by atoms with E-state index in [-0.39, 0.29) is 12.1 Å². The topological polar surface area (TPSA) is 79.2 Å². The van der Waals surface area contributed by atoms with Gasteiger partial charge >= 0.3 is 6.03 Å². The first-order valence-corrected chi connectivity index (χ1v) is 9.86. The lowest BCUT2D eigenvalue weighted by molar-refractivity contribution is 0.252. The minimum atomic E-state index is -0.165. The van der Waals surface area contributed by atoms with Crippen LogP contribution in [-0.4, -0.2) is 44.9 Å². The molecule has 0 aliphatic carbocycles. The third kappa shape index (κ3) is 3.20. The van der Waals surface area contributed by atoms with Gasteiger partial charge in [0.1, 0.15) is 0 Å². The Hall–Kier alpha value is -3.42. The van der Waals surface area contributed by atoms with Crippen molar-refractivity contribution in [3.8, 4) is 11.3 Å². The first-order valence-electron chi connectivity index (χ1n) is 9.86. The van der Waals surface area contributed by atoms with Crippen molar-refractivity contribution in [2.75, 3.05) is 28.2 Å². The molecule has 3 aromatic rings. The molecule has 2 aliphatic rings. The van der Waals surface area contributed by atoms with E-state index in [1.807, 2.05) is 37.1 Å². The van der Waals surface area contributed by atoms with Gasteiger partial charge in [-0.25, -0.2) is 9.78 Å². The fourth-order valence-corrected chi connectivity index (χ4v) is 4.22. The minimum Gasteiger partial charge on any atom is -0.366 e. The average molecular weight is 389 g/mol. The van der Waals surface area contributed by atoms with Gasteiger partial charge in [0.15, 0.2) is 5.82 Å². The van der Waals surface area contributed by atoms with Crippen molar-refractivity contribution in [2.24, 2.45) is 7.05 Å². The smallest absolute Gasteiger partial charge is 0.327 e. The van der Waals surface area contributed by atoms with E-state index in [1.54, 1.807) is 23.3 Å². The highest BCUT2D eigenvalue weighted by Gasteiger charge is 2.38. The van der Waals surface area contributed by atoms with Gasteiger partial charge in [-0.05, 0) is 44.0 Å². The summed E-state index contributed by atoms with van der Waals surface area (Å²) < 4.78 is 1.67. The van der Waals surface area contributed by atoms with Gasteiger partial charge in [0.25, 0.3) is 0 Å². The third-order valence-corrected chi connectivity index (χ3v) is 5.55.